The SMILES string of the molecule is COc1cc(C2(O)CC2)c(OC)cn1. The van der Waals surface area contributed by atoms with Crippen LogP contribution in [0.3, 0.4) is 0 Å². The molecule has 1 fully saturated rings. The van der Waals surface area contributed by atoms with E-state index in [1.54, 1.807) is 26.5 Å². The van der Waals surface area contributed by atoms with E-state index in [-0.39, 0.29) is 0 Å². The minimum atomic E-state index is -0.721. The van der Waals surface area contributed by atoms with Gasteiger partial charge in [0.1, 0.15) is 5.75 Å². The summed E-state index contributed by atoms with van der Waals surface area (Å²) in [6, 6.07) is 1.73. The molecule has 4 nitrogen and oxygen atoms in total. The molecule has 76 valence electrons. The Kier molecular flexibility index (Phi) is 2.07. The maximum Gasteiger partial charge on any atom is 0.213 e. The Hall–Kier alpha value is -1.29. The fourth-order valence-electron chi connectivity index (χ4n) is 1.45. The van der Waals surface area contributed by atoms with E-state index in [1.165, 1.54) is 0 Å². The Morgan fingerprint density at radius 2 is 2.07 bits per heavy atom. The second kappa shape index (κ2) is 3.13. The number of rotatable bonds is 3. The van der Waals surface area contributed by atoms with Crippen LogP contribution in [-0.2, 0) is 5.60 Å². The van der Waals surface area contributed by atoms with Crippen LogP contribution in [0.25, 0.3) is 0 Å². The molecule has 1 heterocycles. The van der Waals surface area contributed by atoms with Gasteiger partial charge in [-0.15, -0.1) is 0 Å². The smallest absolute Gasteiger partial charge is 0.213 e. The summed E-state index contributed by atoms with van der Waals surface area (Å²) in [7, 11) is 3.12. The lowest BCUT2D eigenvalue weighted by Gasteiger charge is -2.13. The topological polar surface area (TPSA) is 51.6 Å². The lowest BCUT2D eigenvalue weighted by Crippen LogP contribution is -2.07. The molecule has 1 aliphatic rings. The van der Waals surface area contributed by atoms with Crippen molar-refractivity contribution in [3.8, 4) is 11.6 Å². The molecule has 1 aromatic rings. The fraction of sp³-hybridized carbons (Fsp3) is 0.500. The van der Waals surface area contributed by atoms with E-state index >= 15 is 0 Å². The van der Waals surface area contributed by atoms with Crippen LogP contribution in [0.2, 0.25) is 0 Å². The van der Waals surface area contributed by atoms with Crippen molar-refractivity contribution in [1.82, 2.24) is 4.98 Å². The summed E-state index contributed by atoms with van der Waals surface area (Å²) < 4.78 is 10.1. The average molecular weight is 195 g/mol. The highest BCUT2D eigenvalue weighted by atomic mass is 16.5. The predicted octanol–water partition coefficient (Wildman–Crippen LogP) is 1.08. The zero-order valence-corrected chi connectivity index (χ0v) is 8.28. The van der Waals surface area contributed by atoms with Gasteiger partial charge >= 0.3 is 0 Å². The van der Waals surface area contributed by atoms with Gasteiger partial charge in [0.2, 0.25) is 5.88 Å². The van der Waals surface area contributed by atoms with Crippen LogP contribution in [0.15, 0.2) is 12.3 Å². The Labute approximate surface area is 82.5 Å². The first-order valence-corrected chi connectivity index (χ1v) is 4.50. The third kappa shape index (κ3) is 1.42. The molecule has 0 aromatic carbocycles. The van der Waals surface area contributed by atoms with Gasteiger partial charge in [-0.3, -0.25) is 0 Å². The zero-order valence-electron chi connectivity index (χ0n) is 8.28. The van der Waals surface area contributed by atoms with E-state index in [2.05, 4.69) is 4.98 Å². The van der Waals surface area contributed by atoms with Gasteiger partial charge in [0.25, 0.3) is 0 Å². The molecule has 0 radical (unpaired) electrons. The molecule has 14 heavy (non-hydrogen) atoms. The lowest BCUT2D eigenvalue weighted by molar-refractivity contribution is 0.146. The Balaban J connectivity index is 2.43. The Bertz CT molecular complexity index is 347. The lowest BCUT2D eigenvalue weighted by atomic mass is 10.1. The third-order valence-corrected chi connectivity index (χ3v) is 2.50. The van der Waals surface area contributed by atoms with Crippen molar-refractivity contribution in [3.05, 3.63) is 17.8 Å². The normalized spacial score (nSPS) is 17.6. The van der Waals surface area contributed by atoms with Crippen molar-refractivity contribution < 1.29 is 14.6 Å². The monoisotopic (exact) mass is 195 g/mol. The van der Waals surface area contributed by atoms with E-state index in [1.807, 2.05) is 0 Å². The zero-order chi connectivity index (χ0) is 10.2. The van der Waals surface area contributed by atoms with Gasteiger partial charge in [0.05, 0.1) is 26.0 Å². The van der Waals surface area contributed by atoms with Gasteiger partial charge in [-0.25, -0.2) is 4.98 Å². The van der Waals surface area contributed by atoms with Crippen LogP contribution in [0.4, 0.5) is 0 Å². The summed E-state index contributed by atoms with van der Waals surface area (Å²) in [6.07, 6.45) is 3.12. The first kappa shape index (κ1) is 9.27. The van der Waals surface area contributed by atoms with Crippen LogP contribution < -0.4 is 9.47 Å². The summed E-state index contributed by atoms with van der Waals surface area (Å²) in [5, 5.41) is 9.97. The van der Waals surface area contributed by atoms with Gasteiger partial charge in [0.15, 0.2) is 0 Å². The standard InChI is InChI=1S/C10H13NO3/c1-13-8-6-11-9(14-2)5-7(8)10(12)3-4-10/h5-6,12H,3-4H2,1-2H3. The quantitative estimate of drug-likeness (QED) is 0.784. The highest BCUT2D eigenvalue weighted by Crippen LogP contribution is 2.49. The molecule has 0 amide bonds. The van der Waals surface area contributed by atoms with Crippen LogP contribution in [0.5, 0.6) is 11.6 Å². The summed E-state index contributed by atoms with van der Waals surface area (Å²) in [5.74, 6) is 1.12. The molecule has 4 heteroatoms. The molecule has 0 aliphatic heterocycles. The number of ether oxygens (including phenoxy) is 2. The minimum Gasteiger partial charge on any atom is -0.495 e. The van der Waals surface area contributed by atoms with Crippen molar-refractivity contribution in [2.45, 2.75) is 18.4 Å². The third-order valence-electron chi connectivity index (χ3n) is 2.50. The van der Waals surface area contributed by atoms with E-state index in [4.69, 9.17) is 9.47 Å². The second-order valence-corrected chi connectivity index (χ2v) is 3.46. The van der Waals surface area contributed by atoms with Gasteiger partial charge < -0.3 is 14.6 Å². The molecule has 1 aliphatic carbocycles. The number of hydrogen-bond donors (Lipinski definition) is 1. The highest BCUT2D eigenvalue weighted by molar-refractivity contribution is 5.41. The first-order valence-electron chi connectivity index (χ1n) is 4.50. The maximum atomic E-state index is 9.97. The molecule has 1 saturated carbocycles. The van der Waals surface area contributed by atoms with Gasteiger partial charge in [-0.2, -0.15) is 0 Å². The van der Waals surface area contributed by atoms with E-state index in [0.29, 0.717) is 11.6 Å². The van der Waals surface area contributed by atoms with Crippen molar-refractivity contribution in [2.75, 3.05) is 14.2 Å². The second-order valence-electron chi connectivity index (χ2n) is 3.46. The number of aliphatic hydroxyl groups is 1. The van der Waals surface area contributed by atoms with Crippen LogP contribution in [0.1, 0.15) is 18.4 Å². The first-order chi connectivity index (χ1) is 6.69. The summed E-state index contributed by atoms with van der Waals surface area (Å²) in [6.45, 7) is 0. The van der Waals surface area contributed by atoms with Crippen LogP contribution in [-0.4, -0.2) is 24.3 Å². The molecular weight excluding hydrogens is 182 g/mol. The Morgan fingerprint density at radius 1 is 1.36 bits per heavy atom. The number of nitrogens with zero attached hydrogens (tertiary/aromatic N) is 1. The van der Waals surface area contributed by atoms with Crippen molar-refractivity contribution in [1.29, 1.82) is 0 Å². The molecular formula is C10H13NO3. The molecule has 0 unspecified atom stereocenters. The molecule has 1 N–H and O–H groups in total. The molecule has 0 spiro atoms. The summed E-state index contributed by atoms with van der Waals surface area (Å²) >= 11 is 0. The maximum absolute atomic E-state index is 9.97. The fourth-order valence-corrected chi connectivity index (χ4v) is 1.45. The van der Waals surface area contributed by atoms with Gasteiger partial charge in [-0.1, -0.05) is 0 Å². The number of pyridine rings is 1. The predicted molar refractivity (Wildman–Crippen MR) is 50.5 cm³/mol. The number of methoxy groups -OCH3 is 2. The van der Waals surface area contributed by atoms with Crippen molar-refractivity contribution >= 4 is 0 Å². The molecule has 0 bridgehead atoms. The van der Waals surface area contributed by atoms with Crippen molar-refractivity contribution in [3.63, 3.8) is 0 Å². The molecule has 1 aromatic heterocycles. The largest absolute Gasteiger partial charge is 0.495 e. The van der Waals surface area contributed by atoms with E-state index < -0.39 is 5.60 Å². The summed E-state index contributed by atoms with van der Waals surface area (Å²) in [4.78, 5) is 4.01. The minimum absolute atomic E-state index is 0.501. The van der Waals surface area contributed by atoms with Crippen LogP contribution >= 0.6 is 0 Å². The Morgan fingerprint density at radius 3 is 2.57 bits per heavy atom. The molecule has 2 rings (SSSR count). The molecule has 0 atom stereocenters. The van der Waals surface area contributed by atoms with Gasteiger partial charge in [-0.05, 0) is 12.8 Å². The number of hydrogen-bond acceptors (Lipinski definition) is 4. The van der Waals surface area contributed by atoms with Crippen molar-refractivity contribution in [2.24, 2.45) is 0 Å². The van der Waals surface area contributed by atoms with E-state index in [0.717, 1.165) is 18.4 Å². The van der Waals surface area contributed by atoms with Gasteiger partial charge in [0, 0.05) is 11.6 Å². The van der Waals surface area contributed by atoms with E-state index in [9.17, 15) is 5.11 Å². The summed E-state index contributed by atoms with van der Waals surface area (Å²) in [5.41, 5.74) is 0.0496. The highest BCUT2D eigenvalue weighted by Gasteiger charge is 2.44. The average Bonchev–Trinajstić information content (AvgIpc) is 2.97. The number of aromatic nitrogens is 1. The molecule has 0 saturated heterocycles. The van der Waals surface area contributed by atoms with Crippen LogP contribution in [0, 0.1) is 0 Å².